The molecule has 0 radical (unpaired) electrons. The predicted molar refractivity (Wildman–Crippen MR) is 33.8 cm³/mol. The molecule has 2 heterocycles. The second kappa shape index (κ2) is 1.73. The van der Waals surface area contributed by atoms with Crippen molar-refractivity contribution in [3.05, 3.63) is 0 Å². The fraction of sp³-hybridized carbons (Fsp3) is 1.00. The summed E-state index contributed by atoms with van der Waals surface area (Å²) in [5, 5.41) is 0. The molecule has 0 aromatic heterocycles. The number of rotatable bonds is 0. The molecule has 0 aromatic rings. The van der Waals surface area contributed by atoms with Gasteiger partial charge in [0.1, 0.15) is 0 Å². The van der Waals surface area contributed by atoms with Gasteiger partial charge in [0.2, 0.25) is 0 Å². The maximum atomic E-state index is 7.59. The molecular formula is C7H13N. The van der Waals surface area contributed by atoms with Crippen LogP contribution in [0.3, 0.4) is 0 Å². The minimum Gasteiger partial charge on any atom is -0.300 e. The highest BCUT2D eigenvalue weighted by Crippen LogP contribution is 2.26. The summed E-state index contributed by atoms with van der Waals surface area (Å²) >= 11 is 0. The van der Waals surface area contributed by atoms with Gasteiger partial charge in [-0.1, -0.05) is 0 Å². The van der Waals surface area contributed by atoms with Crippen LogP contribution < -0.4 is 0 Å². The van der Waals surface area contributed by atoms with Crippen LogP contribution in [0.4, 0.5) is 0 Å². The molecule has 2 fully saturated rings. The lowest BCUT2D eigenvalue weighted by Gasteiger charge is -2.11. The van der Waals surface area contributed by atoms with E-state index in [1.54, 1.807) is 0 Å². The fourth-order valence-corrected chi connectivity index (χ4v) is 1.84. The lowest BCUT2D eigenvalue weighted by molar-refractivity contribution is 0.325. The Morgan fingerprint density at radius 2 is 2.25 bits per heavy atom. The second-order valence-electron chi connectivity index (χ2n) is 2.79. The molecule has 1 heteroatoms. The maximum Gasteiger partial charge on any atom is 0.0431 e. The van der Waals surface area contributed by atoms with E-state index in [4.69, 9.17) is 1.37 Å². The lowest BCUT2D eigenvalue weighted by atomic mass is 10.2. The van der Waals surface area contributed by atoms with Gasteiger partial charge < -0.3 is 4.90 Å². The Balaban J connectivity index is 2.07. The van der Waals surface area contributed by atoms with Gasteiger partial charge in [-0.3, -0.25) is 0 Å². The van der Waals surface area contributed by atoms with Crippen LogP contribution in [-0.4, -0.2) is 24.0 Å². The molecular weight excluding hydrogens is 98.1 g/mol. The van der Waals surface area contributed by atoms with E-state index >= 15 is 0 Å². The van der Waals surface area contributed by atoms with E-state index < -0.39 is 0 Å². The summed E-state index contributed by atoms with van der Waals surface area (Å²) in [6.45, 7) is 1.34. The van der Waals surface area contributed by atoms with Gasteiger partial charge >= 0.3 is 0 Å². The van der Waals surface area contributed by atoms with E-state index in [0.29, 0.717) is 0 Å². The number of hydrogen-bond donors (Lipinski definition) is 0. The monoisotopic (exact) mass is 112 g/mol. The Morgan fingerprint density at radius 1 is 1.38 bits per heavy atom. The summed E-state index contributed by atoms with van der Waals surface area (Å²) in [5.41, 5.74) is 0. The topological polar surface area (TPSA) is 3.24 Å². The van der Waals surface area contributed by atoms with Crippen molar-refractivity contribution in [3.8, 4) is 0 Å². The average molecular weight is 112 g/mol. The third kappa shape index (κ3) is 0.576. The molecule has 0 N–H and O–H groups in total. The highest BCUT2D eigenvalue weighted by atomic mass is 15.2. The molecule has 8 heavy (non-hydrogen) atoms. The molecule has 2 aliphatic heterocycles. The quantitative estimate of drug-likeness (QED) is 0.456. The Kier molecular flexibility index (Phi) is 0.840. The van der Waals surface area contributed by atoms with Gasteiger partial charge in [0.25, 0.3) is 0 Å². The first-order chi connectivity index (χ1) is 4.38. The third-order valence-corrected chi connectivity index (χ3v) is 2.29. The highest BCUT2D eigenvalue weighted by molar-refractivity contribution is 4.84. The molecule has 2 atom stereocenters. The predicted octanol–water partition coefficient (Wildman–Crippen LogP) is 1.24. The van der Waals surface area contributed by atoms with Crippen LogP contribution in [0.15, 0.2) is 0 Å². The molecule has 0 amide bonds. The van der Waals surface area contributed by atoms with E-state index in [1.165, 1.54) is 25.8 Å². The first-order valence-electron chi connectivity index (χ1n) is 4.13. The van der Waals surface area contributed by atoms with Crippen LogP contribution in [0.5, 0.6) is 0 Å². The SMILES string of the molecule is [2H]C1CCC2CCCN12. The smallest absolute Gasteiger partial charge is 0.0431 e. The molecule has 0 aliphatic carbocycles. The summed E-state index contributed by atoms with van der Waals surface area (Å²) in [6, 6.07) is 0.799. The Labute approximate surface area is 52.1 Å². The summed E-state index contributed by atoms with van der Waals surface area (Å²) in [7, 11) is 0. The molecule has 0 bridgehead atoms. The largest absolute Gasteiger partial charge is 0.300 e. The Bertz CT molecular complexity index is 115. The van der Waals surface area contributed by atoms with Crippen LogP contribution in [-0.2, 0) is 0 Å². The van der Waals surface area contributed by atoms with Crippen molar-refractivity contribution in [1.29, 1.82) is 0 Å². The van der Waals surface area contributed by atoms with Crippen LogP contribution in [0.2, 0.25) is 0 Å². The van der Waals surface area contributed by atoms with Crippen LogP contribution >= 0.6 is 0 Å². The van der Waals surface area contributed by atoms with E-state index in [2.05, 4.69) is 4.90 Å². The van der Waals surface area contributed by atoms with Gasteiger partial charge in [-0.05, 0) is 38.7 Å². The van der Waals surface area contributed by atoms with Crippen LogP contribution in [0, 0.1) is 0 Å². The molecule has 2 saturated heterocycles. The van der Waals surface area contributed by atoms with Crippen molar-refractivity contribution in [1.82, 2.24) is 4.90 Å². The zero-order valence-electron chi connectivity index (χ0n) is 6.14. The number of nitrogens with zero attached hydrogens (tertiary/aromatic N) is 1. The third-order valence-electron chi connectivity index (χ3n) is 2.29. The first kappa shape index (κ1) is 3.89. The van der Waals surface area contributed by atoms with Crippen molar-refractivity contribution in [2.75, 3.05) is 13.1 Å². The van der Waals surface area contributed by atoms with Gasteiger partial charge in [0.15, 0.2) is 0 Å². The molecule has 2 rings (SSSR count). The molecule has 46 valence electrons. The van der Waals surface area contributed by atoms with Crippen molar-refractivity contribution >= 4 is 0 Å². The minimum absolute atomic E-state index is 0.150. The van der Waals surface area contributed by atoms with E-state index in [-0.39, 0.29) is 6.52 Å². The van der Waals surface area contributed by atoms with Crippen molar-refractivity contribution in [2.24, 2.45) is 0 Å². The van der Waals surface area contributed by atoms with Gasteiger partial charge in [-0.2, -0.15) is 0 Å². The van der Waals surface area contributed by atoms with E-state index in [9.17, 15) is 0 Å². The normalized spacial score (nSPS) is 49.2. The summed E-state index contributed by atoms with van der Waals surface area (Å²) < 4.78 is 7.59. The van der Waals surface area contributed by atoms with E-state index in [0.717, 1.165) is 12.5 Å². The van der Waals surface area contributed by atoms with Gasteiger partial charge in [0, 0.05) is 7.41 Å². The molecule has 0 aromatic carbocycles. The van der Waals surface area contributed by atoms with Gasteiger partial charge in [-0.15, -0.1) is 0 Å². The molecule has 0 spiro atoms. The average Bonchev–Trinajstić information content (AvgIpc) is 2.35. The summed E-state index contributed by atoms with van der Waals surface area (Å²) in [4.78, 5) is 2.35. The summed E-state index contributed by atoms with van der Waals surface area (Å²) in [5.74, 6) is 0. The number of fused-ring (bicyclic) bond motifs is 1. The molecule has 2 unspecified atom stereocenters. The molecule has 2 aliphatic rings. The highest BCUT2D eigenvalue weighted by Gasteiger charge is 2.27. The zero-order valence-corrected chi connectivity index (χ0v) is 5.14. The molecule has 0 saturated carbocycles. The standard InChI is InChI=1S/C7H13N/c1-3-7-4-2-6-8(7)5-1/h7H,1-6H2/i5D. The van der Waals surface area contributed by atoms with Crippen LogP contribution in [0.25, 0.3) is 0 Å². The van der Waals surface area contributed by atoms with Gasteiger partial charge in [-0.25, -0.2) is 0 Å². The maximum absolute atomic E-state index is 7.59. The Morgan fingerprint density at radius 3 is 3.12 bits per heavy atom. The lowest BCUT2D eigenvalue weighted by Crippen LogP contribution is -2.21. The molecule has 1 nitrogen and oxygen atoms in total. The zero-order chi connectivity index (χ0) is 6.27. The van der Waals surface area contributed by atoms with Crippen LogP contribution in [0.1, 0.15) is 27.1 Å². The van der Waals surface area contributed by atoms with Crippen molar-refractivity contribution in [3.63, 3.8) is 0 Å². The first-order valence-corrected chi connectivity index (χ1v) is 3.56. The van der Waals surface area contributed by atoms with Crippen molar-refractivity contribution < 1.29 is 1.37 Å². The summed E-state index contributed by atoms with van der Waals surface area (Å²) in [6.07, 6.45) is 5.09. The van der Waals surface area contributed by atoms with E-state index in [1.807, 2.05) is 0 Å². The Hall–Kier alpha value is -0.0400. The van der Waals surface area contributed by atoms with Gasteiger partial charge in [0.05, 0.1) is 0 Å². The fourth-order valence-electron chi connectivity index (χ4n) is 1.84. The minimum atomic E-state index is 0.150. The van der Waals surface area contributed by atoms with Crippen molar-refractivity contribution in [2.45, 2.75) is 31.7 Å². The number of hydrogen-bond acceptors (Lipinski definition) is 1. The second-order valence-corrected chi connectivity index (χ2v) is 2.79.